The Bertz CT molecular complexity index is 924. The molecular formula is C56H109NO5. The zero-order chi connectivity index (χ0) is 45.1. The molecule has 2 atom stereocenters. The number of aliphatic hydroxyl groups is 2. The summed E-state index contributed by atoms with van der Waals surface area (Å²) < 4.78 is 5.47. The molecule has 0 saturated carbocycles. The standard InChI is InChI=1S/C56H109NO5/c1-3-5-7-9-11-13-15-17-18-21-25-28-32-36-40-44-48-54(59)53(52-58)57-55(60)49-45-41-37-33-29-26-22-19-20-23-27-31-35-39-43-47-51-62-56(61)50-46-42-38-34-30-24-16-14-12-10-8-6-4-2/h44,48,53-54,58-59H,3-43,45-47,49-52H2,1-2H3,(H,57,60)/b48-44+. The van der Waals surface area contributed by atoms with E-state index in [4.69, 9.17) is 4.74 Å². The van der Waals surface area contributed by atoms with Crippen molar-refractivity contribution < 1.29 is 24.5 Å². The van der Waals surface area contributed by atoms with Crippen LogP contribution in [0.25, 0.3) is 0 Å². The lowest BCUT2D eigenvalue weighted by Crippen LogP contribution is -2.45. The Morgan fingerprint density at radius 2 is 0.742 bits per heavy atom. The molecule has 0 aliphatic rings. The molecule has 0 bridgehead atoms. The van der Waals surface area contributed by atoms with E-state index in [1.807, 2.05) is 6.08 Å². The van der Waals surface area contributed by atoms with Gasteiger partial charge in [-0.3, -0.25) is 9.59 Å². The van der Waals surface area contributed by atoms with Crippen molar-refractivity contribution in [2.24, 2.45) is 0 Å². The Morgan fingerprint density at radius 3 is 1.10 bits per heavy atom. The first-order valence-electron chi connectivity index (χ1n) is 28.0. The van der Waals surface area contributed by atoms with Crippen molar-refractivity contribution in [1.82, 2.24) is 5.32 Å². The van der Waals surface area contributed by atoms with E-state index in [0.29, 0.717) is 19.4 Å². The Kier molecular flexibility index (Phi) is 51.0. The number of carbonyl (C=O) groups is 2. The molecule has 0 aromatic rings. The molecule has 1 amide bonds. The van der Waals surface area contributed by atoms with Crippen LogP contribution in [0.4, 0.5) is 0 Å². The highest BCUT2D eigenvalue weighted by Gasteiger charge is 2.18. The van der Waals surface area contributed by atoms with Crippen molar-refractivity contribution >= 4 is 11.9 Å². The second-order valence-electron chi connectivity index (χ2n) is 19.3. The van der Waals surface area contributed by atoms with Gasteiger partial charge in [0.05, 0.1) is 25.4 Å². The average molecular weight is 876 g/mol. The Labute approximate surface area is 387 Å². The van der Waals surface area contributed by atoms with Gasteiger partial charge in [0.2, 0.25) is 5.91 Å². The van der Waals surface area contributed by atoms with Gasteiger partial charge in [-0.2, -0.15) is 0 Å². The van der Waals surface area contributed by atoms with Gasteiger partial charge in [-0.05, 0) is 32.1 Å². The van der Waals surface area contributed by atoms with Crippen molar-refractivity contribution in [3.63, 3.8) is 0 Å². The molecule has 6 nitrogen and oxygen atoms in total. The lowest BCUT2D eigenvalue weighted by atomic mass is 10.0. The van der Waals surface area contributed by atoms with Gasteiger partial charge in [-0.15, -0.1) is 0 Å². The number of ether oxygens (including phenoxy) is 1. The predicted octanol–water partition coefficient (Wildman–Crippen LogP) is 16.9. The Balaban J connectivity index is 3.45. The molecule has 0 aromatic heterocycles. The summed E-state index contributed by atoms with van der Waals surface area (Å²) >= 11 is 0. The van der Waals surface area contributed by atoms with E-state index < -0.39 is 12.1 Å². The largest absolute Gasteiger partial charge is 0.466 e. The van der Waals surface area contributed by atoms with Crippen LogP contribution in [0, 0.1) is 0 Å². The zero-order valence-electron chi connectivity index (χ0n) is 41.9. The van der Waals surface area contributed by atoms with Gasteiger partial charge >= 0.3 is 5.97 Å². The minimum absolute atomic E-state index is 0.00408. The fraction of sp³-hybridized carbons (Fsp3) is 0.929. The first-order valence-corrected chi connectivity index (χ1v) is 28.0. The fourth-order valence-electron chi connectivity index (χ4n) is 8.75. The lowest BCUT2D eigenvalue weighted by Gasteiger charge is -2.20. The molecule has 0 fully saturated rings. The molecule has 62 heavy (non-hydrogen) atoms. The molecule has 3 N–H and O–H groups in total. The van der Waals surface area contributed by atoms with Crippen LogP contribution in [0.2, 0.25) is 0 Å². The third kappa shape index (κ3) is 48.1. The Hall–Kier alpha value is -1.40. The zero-order valence-corrected chi connectivity index (χ0v) is 41.9. The predicted molar refractivity (Wildman–Crippen MR) is 269 cm³/mol. The van der Waals surface area contributed by atoms with Gasteiger partial charge in [-0.25, -0.2) is 0 Å². The summed E-state index contributed by atoms with van der Waals surface area (Å²) in [6.45, 7) is 4.91. The number of nitrogens with one attached hydrogen (secondary N) is 1. The van der Waals surface area contributed by atoms with Crippen LogP contribution in [0.1, 0.15) is 309 Å². The van der Waals surface area contributed by atoms with Crippen LogP contribution >= 0.6 is 0 Å². The van der Waals surface area contributed by atoms with E-state index in [1.54, 1.807) is 6.08 Å². The fourth-order valence-corrected chi connectivity index (χ4v) is 8.75. The van der Waals surface area contributed by atoms with Gasteiger partial charge < -0.3 is 20.3 Å². The molecular weight excluding hydrogens is 767 g/mol. The summed E-state index contributed by atoms with van der Waals surface area (Å²) in [6.07, 6.45) is 60.8. The quantitative estimate of drug-likeness (QED) is 0.0321. The number of hydrogen-bond donors (Lipinski definition) is 3. The molecule has 6 heteroatoms. The van der Waals surface area contributed by atoms with Crippen molar-refractivity contribution in [2.75, 3.05) is 13.2 Å². The maximum absolute atomic E-state index is 12.4. The summed E-state index contributed by atoms with van der Waals surface area (Å²) in [5, 5.41) is 23.1. The van der Waals surface area contributed by atoms with Gasteiger partial charge in [0, 0.05) is 12.8 Å². The first kappa shape index (κ1) is 60.6. The van der Waals surface area contributed by atoms with Crippen LogP contribution in [0.3, 0.4) is 0 Å². The highest BCUT2D eigenvalue weighted by atomic mass is 16.5. The van der Waals surface area contributed by atoms with E-state index in [9.17, 15) is 19.8 Å². The monoisotopic (exact) mass is 876 g/mol. The number of rotatable bonds is 52. The lowest BCUT2D eigenvalue weighted by molar-refractivity contribution is -0.143. The second-order valence-corrected chi connectivity index (χ2v) is 19.3. The molecule has 368 valence electrons. The number of esters is 1. The number of unbranched alkanes of at least 4 members (excludes halogenated alkanes) is 41. The topological polar surface area (TPSA) is 95.9 Å². The number of amides is 1. The van der Waals surface area contributed by atoms with E-state index in [0.717, 1.165) is 44.9 Å². The maximum Gasteiger partial charge on any atom is 0.305 e. The van der Waals surface area contributed by atoms with E-state index >= 15 is 0 Å². The van der Waals surface area contributed by atoms with Crippen molar-refractivity contribution in [3.05, 3.63) is 12.2 Å². The summed E-state index contributed by atoms with van der Waals surface area (Å²) in [4.78, 5) is 24.5. The van der Waals surface area contributed by atoms with E-state index in [1.165, 1.54) is 238 Å². The van der Waals surface area contributed by atoms with Crippen molar-refractivity contribution in [1.29, 1.82) is 0 Å². The van der Waals surface area contributed by atoms with Gasteiger partial charge in [-0.1, -0.05) is 276 Å². The molecule has 0 saturated heterocycles. The first-order chi connectivity index (χ1) is 30.5. The second kappa shape index (κ2) is 52.2. The van der Waals surface area contributed by atoms with Crippen LogP contribution in [0.15, 0.2) is 12.2 Å². The Morgan fingerprint density at radius 1 is 0.435 bits per heavy atom. The molecule has 0 heterocycles. The van der Waals surface area contributed by atoms with E-state index in [-0.39, 0.29) is 18.5 Å². The molecule has 2 unspecified atom stereocenters. The molecule has 0 radical (unpaired) electrons. The summed E-state index contributed by atoms with van der Waals surface area (Å²) in [7, 11) is 0. The normalized spacial score (nSPS) is 12.6. The third-order valence-electron chi connectivity index (χ3n) is 13.1. The summed E-state index contributed by atoms with van der Waals surface area (Å²) in [5.74, 6) is -0.0686. The maximum atomic E-state index is 12.4. The average Bonchev–Trinajstić information content (AvgIpc) is 3.27. The van der Waals surface area contributed by atoms with Crippen LogP contribution in [-0.4, -0.2) is 47.4 Å². The van der Waals surface area contributed by atoms with Crippen LogP contribution in [-0.2, 0) is 14.3 Å². The molecule has 0 rings (SSSR count). The van der Waals surface area contributed by atoms with Crippen LogP contribution in [0.5, 0.6) is 0 Å². The minimum atomic E-state index is -0.848. The third-order valence-corrected chi connectivity index (χ3v) is 13.1. The smallest absolute Gasteiger partial charge is 0.305 e. The van der Waals surface area contributed by atoms with Crippen LogP contribution < -0.4 is 5.32 Å². The van der Waals surface area contributed by atoms with Gasteiger partial charge in [0.1, 0.15) is 0 Å². The number of carbonyl (C=O) groups excluding carboxylic acids is 2. The molecule has 0 aromatic carbocycles. The molecule has 0 spiro atoms. The van der Waals surface area contributed by atoms with Crippen molar-refractivity contribution in [2.45, 2.75) is 321 Å². The number of hydrogen-bond acceptors (Lipinski definition) is 5. The molecule has 0 aliphatic heterocycles. The number of aliphatic hydroxyl groups excluding tert-OH is 2. The van der Waals surface area contributed by atoms with Gasteiger partial charge in [0.25, 0.3) is 0 Å². The number of allylic oxidation sites excluding steroid dienone is 1. The highest BCUT2D eigenvalue weighted by Crippen LogP contribution is 2.17. The SMILES string of the molecule is CCCCCCCCCCCCCCCC/C=C/C(O)C(CO)NC(=O)CCCCCCCCCCCCCCCCCCOC(=O)CCCCCCCCCCCCCCC. The highest BCUT2D eigenvalue weighted by molar-refractivity contribution is 5.76. The summed E-state index contributed by atoms with van der Waals surface area (Å²) in [5.41, 5.74) is 0. The van der Waals surface area contributed by atoms with E-state index in [2.05, 4.69) is 19.2 Å². The van der Waals surface area contributed by atoms with Gasteiger partial charge in [0.15, 0.2) is 0 Å². The molecule has 0 aliphatic carbocycles. The minimum Gasteiger partial charge on any atom is -0.466 e. The summed E-state index contributed by atoms with van der Waals surface area (Å²) in [6, 6.07) is -0.632. The van der Waals surface area contributed by atoms with Crippen molar-refractivity contribution in [3.8, 4) is 0 Å².